The van der Waals surface area contributed by atoms with Gasteiger partial charge in [-0.25, -0.2) is 9.78 Å². The van der Waals surface area contributed by atoms with Crippen LogP contribution in [0.5, 0.6) is 5.75 Å². The number of hydrogen-bond donors (Lipinski definition) is 1. The van der Waals surface area contributed by atoms with E-state index in [4.69, 9.17) is 9.84 Å². The molecule has 0 saturated carbocycles. The first-order valence-corrected chi connectivity index (χ1v) is 7.61. The molecule has 1 aromatic heterocycles. The van der Waals surface area contributed by atoms with E-state index in [0.29, 0.717) is 6.61 Å². The van der Waals surface area contributed by atoms with Crippen molar-refractivity contribution in [3.05, 3.63) is 70.5 Å². The van der Waals surface area contributed by atoms with Gasteiger partial charge in [0.15, 0.2) is 0 Å². The molecule has 0 unspecified atom stereocenters. The molecule has 4 nitrogen and oxygen atoms in total. The molecule has 110 valence electrons. The lowest BCUT2D eigenvalue weighted by Gasteiger charge is -2.10. The predicted molar refractivity (Wildman–Crippen MR) is 85.3 cm³/mol. The second-order valence-electron chi connectivity index (χ2n) is 4.66. The van der Waals surface area contributed by atoms with Crippen molar-refractivity contribution < 1.29 is 14.6 Å². The Morgan fingerprint density at radius 2 is 2.05 bits per heavy atom. The molecular formula is C17H13NO3S. The molecule has 0 radical (unpaired) electrons. The van der Waals surface area contributed by atoms with E-state index in [9.17, 15) is 4.79 Å². The number of rotatable bonds is 5. The summed E-state index contributed by atoms with van der Waals surface area (Å²) in [4.78, 5) is 15.3. The molecule has 3 rings (SSSR count). The summed E-state index contributed by atoms with van der Waals surface area (Å²) in [7, 11) is 0. The number of thiazole rings is 1. The Hall–Kier alpha value is -2.66. The molecule has 0 saturated heterocycles. The molecule has 0 bridgehead atoms. The maximum absolute atomic E-state index is 11.0. The van der Waals surface area contributed by atoms with Crippen LogP contribution in [0.1, 0.15) is 15.9 Å². The number of aromatic nitrogens is 1. The average molecular weight is 311 g/mol. The van der Waals surface area contributed by atoms with Gasteiger partial charge in [0, 0.05) is 10.9 Å². The van der Waals surface area contributed by atoms with Crippen LogP contribution in [0.3, 0.4) is 0 Å². The number of hydrogen-bond acceptors (Lipinski definition) is 4. The van der Waals surface area contributed by atoms with Gasteiger partial charge in [0.1, 0.15) is 12.4 Å². The molecule has 1 N–H and O–H groups in total. The molecule has 0 aliphatic carbocycles. The third kappa shape index (κ3) is 3.15. The number of para-hydroxylation sites is 1. The topological polar surface area (TPSA) is 59.4 Å². The predicted octanol–water partition coefficient (Wildman–Crippen LogP) is 4.09. The summed E-state index contributed by atoms with van der Waals surface area (Å²) in [5.41, 5.74) is 4.66. The zero-order valence-electron chi connectivity index (χ0n) is 11.6. The summed E-state index contributed by atoms with van der Waals surface area (Å²) in [6, 6.07) is 14.4. The van der Waals surface area contributed by atoms with Crippen molar-refractivity contribution in [3.8, 4) is 17.0 Å². The Morgan fingerprint density at radius 1 is 1.18 bits per heavy atom. The Bertz CT molecular complexity index is 784. The van der Waals surface area contributed by atoms with Gasteiger partial charge in [-0.1, -0.05) is 24.3 Å². The Kier molecular flexibility index (Phi) is 4.16. The minimum Gasteiger partial charge on any atom is -0.488 e. The highest BCUT2D eigenvalue weighted by Crippen LogP contribution is 2.30. The van der Waals surface area contributed by atoms with Crippen LogP contribution in [-0.2, 0) is 6.61 Å². The van der Waals surface area contributed by atoms with Crippen LogP contribution in [0.15, 0.2) is 59.4 Å². The molecule has 3 aromatic rings. The molecule has 0 aliphatic heterocycles. The van der Waals surface area contributed by atoms with Gasteiger partial charge in [-0.2, -0.15) is 0 Å². The molecular weight excluding hydrogens is 298 g/mol. The standard InChI is InChI=1S/C17H13NO3S/c19-17(20)13-5-3-4-12(8-13)9-21-16-7-2-1-6-14(16)15-10-22-11-18-15/h1-8,10-11H,9H2,(H,19,20). The molecule has 22 heavy (non-hydrogen) atoms. The zero-order chi connectivity index (χ0) is 15.4. The Labute approximate surface area is 131 Å². The second-order valence-corrected chi connectivity index (χ2v) is 5.38. The molecule has 0 fully saturated rings. The Balaban J connectivity index is 1.80. The zero-order valence-corrected chi connectivity index (χ0v) is 12.4. The number of benzene rings is 2. The number of nitrogens with zero attached hydrogens (tertiary/aromatic N) is 1. The van der Waals surface area contributed by atoms with Crippen molar-refractivity contribution in [2.75, 3.05) is 0 Å². The van der Waals surface area contributed by atoms with Crippen molar-refractivity contribution in [2.45, 2.75) is 6.61 Å². The summed E-state index contributed by atoms with van der Waals surface area (Å²) in [6.07, 6.45) is 0. The van der Waals surface area contributed by atoms with Crippen LogP contribution in [0.4, 0.5) is 0 Å². The highest BCUT2D eigenvalue weighted by Gasteiger charge is 2.08. The Morgan fingerprint density at radius 3 is 2.82 bits per heavy atom. The second kappa shape index (κ2) is 6.41. The largest absolute Gasteiger partial charge is 0.488 e. The highest BCUT2D eigenvalue weighted by molar-refractivity contribution is 7.07. The maximum atomic E-state index is 11.0. The number of carboxylic acids is 1. The van der Waals surface area contributed by atoms with Gasteiger partial charge in [-0.3, -0.25) is 0 Å². The van der Waals surface area contributed by atoms with Crippen LogP contribution in [0.25, 0.3) is 11.3 Å². The van der Waals surface area contributed by atoms with Crippen molar-refractivity contribution in [3.63, 3.8) is 0 Å². The van der Waals surface area contributed by atoms with Crippen LogP contribution < -0.4 is 4.74 Å². The molecule has 0 atom stereocenters. The highest BCUT2D eigenvalue weighted by atomic mass is 32.1. The fourth-order valence-corrected chi connectivity index (χ4v) is 2.66. The van der Waals surface area contributed by atoms with E-state index in [-0.39, 0.29) is 5.56 Å². The molecule has 0 aliphatic rings. The SMILES string of the molecule is O=C(O)c1cccc(COc2ccccc2-c2cscn2)c1. The van der Waals surface area contributed by atoms with Crippen LogP contribution in [0, 0.1) is 0 Å². The van der Waals surface area contributed by atoms with Gasteiger partial charge in [-0.15, -0.1) is 11.3 Å². The van der Waals surface area contributed by atoms with Crippen LogP contribution in [-0.4, -0.2) is 16.1 Å². The summed E-state index contributed by atoms with van der Waals surface area (Å²) >= 11 is 1.53. The molecule has 5 heteroatoms. The van der Waals surface area contributed by atoms with Gasteiger partial charge in [0.2, 0.25) is 0 Å². The van der Waals surface area contributed by atoms with Crippen molar-refractivity contribution >= 4 is 17.3 Å². The van der Waals surface area contributed by atoms with Gasteiger partial charge < -0.3 is 9.84 Å². The number of carboxylic acid groups (broad SMARTS) is 1. The first-order valence-electron chi connectivity index (χ1n) is 6.66. The van der Waals surface area contributed by atoms with E-state index < -0.39 is 5.97 Å². The third-order valence-electron chi connectivity index (χ3n) is 3.16. The van der Waals surface area contributed by atoms with Gasteiger partial charge in [-0.05, 0) is 29.8 Å². The van der Waals surface area contributed by atoms with Crippen LogP contribution in [0.2, 0.25) is 0 Å². The number of ether oxygens (including phenoxy) is 1. The van der Waals surface area contributed by atoms with Crippen LogP contribution >= 0.6 is 11.3 Å². The molecule has 2 aromatic carbocycles. The van der Waals surface area contributed by atoms with E-state index >= 15 is 0 Å². The van der Waals surface area contributed by atoms with Gasteiger partial charge in [0.25, 0.3) is 0 Å². The fraction of sp³-hybridized carbons (Fsp3) is 0.0588. The minimum absolute atomic E-state index is 0.258. The molecule has 0 spiro atoms. The summed E-state index contributed by atoms with van der Waals surface area (Å²) in [5, 5.41) is 11.0. The van der Waals surface area contributed by atoms with Crippen molar-refractivity contribution in [2.24, 2.45) is 0 Å². The quantitative estimate of drug-likeness (QED) is 0.771. The van der Waals surface area contributed by atoms with E-state index in [0.717, 1.165) is 22.6 Å². The minimum atomic E-state index is -0.940. The van der Waals surface area contributed by atoms with E-state index in [1.807, 2.05) is 35.7 Å². The summed E-state index contributed by atoms with van der Waals surface area (Å²) in [5.74, 6) is -0.209. The van der Waals surface area contributed by atoms with E-state index in [2.05, 4.69) is 4.98 Å². The van der Waals surface area contributed by atoms with Crippen molar-refractivity contribution in [1.29, 1.82) is 0 Å². The normalized spacial score (nSPS) is 10.4. The molecule has 1 heterocycles. The molecule has 0 amide bonds. The maximum Gasteiger partial charge on any atom is 0.335 e. The number of aromatic carboxylic acids is 1. The van der Waals surface area contributed by atoms with Crippen molar-refractivity contribution in [1.82, 2.24) is 4.98 Å². The monoisotopic (exact) mass is 311 g/mol. The smallest absolute Gasteiger partial charge is 0.335 e. The lowest BCUT2D eigenvalue weighted by Crippen LogP contribution is -2.01. The lowest BCUT2D eigenvalue weighted by molar-refractivity contribution is 0.0696. The lowest BCUT2D eigenvalue weighted by atomic mass is 10.1. The first-order chi connectivity index (χ1) is 10.7. The van der Waals surface area contributed by atoms with Gasteiger partial charge >= 0.3 is 5.97 Å². The first kappa shape index (κ1) is 14.3. The summed E-state index contributed by atoms with van der Waals surface area (Å²) in [6.45, 7) is 0.308. The average Bonchev–Trinajstić information content (AvgIpc) is 3.08. The third-order valence-corrected chi connectivity index (χ3v) is 3.75. The van der Waals surface area contributed by atoms with E-state index in [1.54, 1.807) is 23.7 Å². The summed E-state index contributed by atoms with van der Waals surface area (Å²) < 4.78 is 5.85. The van der Waals surface area contributed by atoms with E-state index in [1.165, 1.54) is 11.3 Å². The van der Waals surface area contributed by atoms with Gasteiger partial charge in [0.05, 0.1) is 16.8 Å². The number of carbonyl (C=O) groups is 1. The fourth-order valence-electron chi connectivity index (χ4n) is 2.10.